The Morgan fingerprint density at radius 2 is 2.41 bits per heavy atom. The van der Waals surface area contributed by atoms with Crippen molar-refractivity contribution in [3.63, 3.8) is 0 Å². The number of hydrogen-bond donors (Lipinski definition) is 1. The summed E-state index contributed by atoms with van der Waals surface area (Å²) >= 11 is 0. The van der Waals surface area contributed by atoms with E-state index in [1.54, 1.807) is 12.4 Å². The molecule has 0 radical (unpaired) electrons. The van der Waals surface area contributed by atoms with Gasteiger partial charge >= 0.3 is 5.97 Å². The molecular weight excluding hydrogens is 218 g/mol. The van der Waals surface area contributed by atoms with Crippen LogP contribution >= 0.6 is 0 Å². The fourth-order valence-electron chi connectivity index (χ4n) is 2.22. The van der Waals surface area contributed by atoms with Crippen molar-refractivity contribution in [1.29, 1.82) is 0 Å². The maximum absolute atomic E-state index is 11.0. The molecule has 0 amide bonds. The van der Waals surface area contributed by atoms with Crippen LogP contribution in [0.5, 0.6) is 0 Å². The monoisotopic (exact) mass is 235 g/mol. The number of carbonyl (C=O) groups is 1. The van der Waals surface area contributed by atoms with Crippen LogP contribution in [0.2, 0.25) is 0 Å². The summed E-state index contributed by atoms with van der Waals surface area (Å²) in [5, 5.41) is 9.01. The largest absolute Gasteiger partial charge is 0.481 e. The zero-order chi connectivity index (χ0) is 12.3. The molecule has 1 aromatic heterocycles. The van der Waals surface area contributed by atoms with E-state index in [-0.39, 0.29) is 5.92 Å². The normalized spacial score (nSPS) is 21.4. The van der Waals surface area contributed by atoms with Gasteiger partial charge in [0.15, 0.2) is 0 Å². The minimum absolute atomic E-state index is 0.235. The average molecular weight is 235 g/mol. The fourth-order valence-corrected chi connectivity index (χ4v) is 2.22. The van der Waals surface area contributed by atoms with Crippen molar-refractivity contribution in [2.45, 2.75) is 26.3 Å². The van der Waals surface area contributed by atoms with Gasteiger partial charge in [-0.2, -0.15) is 0 Å². The van der Waals surface area contributed by atoms with Crippen LogP contribution in [0.1, 0.15) is 24.2 Å². The Morgan fingerprint density at radius 3 is 3.12 bits per heavy atom. The Labute approximate surface area is 100 Å². The van der Waals surface area contributed by atoms with Gasteiger partial charge in [0.05, 0.1) is 17.3 Å². The number of aromatic nitrogens is 2. The molecule has 0 spiro atoms. The summed E-state index contributed by atoms with van der Waals surface area (Å²) in [7, 11) is 0. The molecule has 1 aliphatic heterocycles. The quantitative estimate of drug-likeness (QED) is 0.849. The van der Waals surface area contributed by atoms with E-state index in [1.807, 2.05) is 6.92 Å². The van der Waals surface area contributed by atoms with Gasteiger partial charge in [-0.05, 0) is 26.3 Å². The van der Waals surface area contributed by atoms with Crippen molar-refractivity contribution in [3.05, 3.63) is 23.8 Å². The van der Waals surface area contributed by atoms with Gasteiger partial charge in [0.1, 0.15) is 0 Å². The highest BCUT2D eigenvalue weighted by atomic mass is 16.4. The lowest BCUT2D eigenvalue weighted by molar-refractivity contribution is -0.143. The van der Waals surface area contributed by atoms with Gasteiger partial charge in [-0.25, -0.2) is 0 Å². The van der Waals surface area contributed by atoms with Gasteiger partial charge in [0, 0.05) is 25.5 Å². The van der Waals surface area contributed by atoms with E-state index < -0.39 is 5.97 Å². The highest BCUT2D eigenvalue weighted by Gasteiger charge is 2.25. The van der Waals surface area contributed by atoms with Crippen molar-refractivity contribution in [2.24, 2.45) is 5.92 Å². The van der Waals surface area contributed by atoms with E-state index in [4.69, 9.17) is 5.11 Å². The molecule has 0 aliphatic carbocycles. The molecule has 1 N–H and O–H groups in total. The minimum atomic E-state index is -0.690. The summed E-state index contributed by atoms with van der Waals surface area (Å²) in [4.78, 5) is 21.6. The van der Waals surface area contributed by atoms with Crippen LogP contribution in [0.15, 0.2) is 12.4 Å². The zero-order valence-electron chi connectivity index (χ0n) is 9.96. The highest BCUT2D eigenvalue weighted by molar-refractivity contribution is 5.70. The summed E-state index contributed by atoms with van der Waals surface area (Å²) in [5.41, 5.74) is 1.81. The van der Waals surface area contributed by atoms with E-state index in [2.05, 4.69) is 14.9 Å². The van der Waals surface area contributed by atoms with Crippen molar-refractivity contribution < 1.29 is 9.90 Å². The SMILES string of the molecule is Cc1cncc(CN2CCCC(C(=O)O)C2)n1. The van der Waals surface area contributed by atoms with Crippen molar-refractivity contribution >= 4 is 5.97 Å². The molecule has 2 heterocycles. The topological polar surface area (TPSA) is 66.3 Å². The first kappa shape index (κ1) is 12.0. The van der Waals surface area contributed by atoms with Crippen LogP contribution in [0.3, 0.4) is 0 Å². The van der Waals surface area contributed by atoms with E-state index in [1.165, 1.54) is 0 Å². The van der Waals surface area contributed by atoms with Gasteiger partial charge < -0.3 is 5.11 Å². The van der Waals surface area contributed by atoms with E-state index in [0.717, 1.165) is 30.8 Å². The van der Waals surface area contributed by atoms with Gasteiger partial charge in [-0.3, -0.25) is 19.7 Å². The first-order chi connectivity index (χ1) is 8.15. The maximum atomic E-state index is 11.0. The van der Waals surface area contributed by atoms with E-state index >= 15 is 0 Å². The summed E-state index contributed by atoms with van der Waals surface area (Å²) in [6, 6.07) is 0. The highest BCUT2D eigenvalue weighted by Crippen LogP contribution is 2.18. The van der Waals surface area contributed by atoms with Crippen molar-refractivity contribution in [3.8, 4) is 0 Å². The second-order valence-corrected chi connectivity index (χ2v) is 4.56. The Balaban J connectivity index is 1.97. The standard InChI is InChI=1S/C12H17N3O2/c1-9-5-13-6-11(14-9)8-15-4-2-3-10(7-15)12(16)17/h5-6,10H,2-4,7-8H2,1H3,(H,16,17). The lowest BCUT2D eigenvalue weighted by atomic mass is 9.98. The van der Waals surface area contributed by atoms with E-state index in [0.29, 0.717) is 13.1 Å². The molecular formula is C12H17N3O2. The number of aliphatic carboxylic acids is 1. The molecule has 2 rings (SSSR count). The van der Waals surface area contributed by atoms with Crippen molar-refractivity contribution in [1.82, 2.24) is 14.9 Å². The minimum Gasteiger partial charge on any atom is -0.481 e. The number of hydrogen-bond acceptors (Lipinski definition) is 4. The number of aryl methyl sites for hydroxylation is 1. The van der Waals surface area contributed by atoms with Gasteiger partial charge in [-0.1, -0.05) is 0 Å². The molecule has 92 valence electrons. The molecule has 1 unspecified atom stereocenters. The second-order valence-electron chi connectivity index (χ2n) is 4.56. The Hall–Kier alpha value is -1.49. The molecule has 0 aromatic carbocycles. The molecule has 1 fully saturated rings. The molecule has 17 heavy (non-hydrogen) atoms. The first-order valence-corrected chi connectivity index (χ1v) is 5.88. The molecule has 1 saturated heterocycles. The van der Waals surface area contributed by atoms with Crippen LogP contribution in [0.4, 0.5) is 0 Å². The number of rotatable bonds is 3. The molecule has 0 saturated carbocycles. The number of nitrogens with zero attached hydrogens (tertiary/aromatic N) is 3. The molecule has 1 atom stereocenters. The van der Waals surface area contributed by atoms with Crippen LogP contribution < -0.4 is 0 Å². The number of piperidine rings is 1. The third-order valence-corrected chi connectivity index (χ3v) is 3.05. The lowest BCUT2D eigenvalue weighted by Gasteiger charge is -2.30. The van der Waals surface area contributed by atoms with Crippen LogP contribution in [-0.2, 0) is 11.3 Å². The van der Waals surface area contributed by atoms with Gasteiger partial charge in [0.2, 0.25) is 0 Å². The van der Waals surface area contributed by atoms with E-state index in [9.17, 15) is 4.79 Å². The Kier molecular flexibility index (Phi) is 3.68. The maximum Gasteiger partial charge on any atom is 0.307 e. The summed E-state index contributed by atoms with van der Waals surface area (Å²) in [5.74, 6) is -0.924. The summed E-state index contributed by atoms with van der Waals surface area (Å²) in [6.45, 7) is 4.16. The Bertz CT molecular complexity index is 408. The van der Waals surface area contributed by atoms with Gasteiger partial charge in [0.25, 0.3) is 0 Å². The third-order valence-electron chi connectivity index (χ3n) is 3.05. The molecule has 5 nitrogen and oxygen atoms in total. The Morgan fingerprint density at radius 1 is 1.59 bits per heavy atom. The molecule has 1 aromatic rings. The summed E-state index contributed by atoms with van der Waals surface area (Å²) < 4.78 is 0. The smallest absolute Gasteiger partial charge is 0.307 e. The first-order valence-electron chi connectivity index (χ1n) is 5.88. The van der Waals surface area contributed by atoms with Crippen LogP contribution in [0, 0.1) is 12.8 Å². The number of carboxylic acids is 1. The lowest BCUT2D eigenvalue weighted by Crippen LogP contribution is -2.38. The van der Waals surface area contributed by atoms with Crippen LogP contribution in [-0.4, -0.2) is 39.0 Å². The summed E-state index contributed by atoms with van der Waals surface area (Å²) in [6.07, 6.45) is 5.19. The average Bonchev–Trinajstić information content (AvgIpc) is 2.29. The predicted octanol–water partition coefficient (Wildman–Crippen LogP) is 1.08. The van der Waals surface area contributed by atoms with Crippen LogP contribution in [0.25, 0.3) is 0 Å². The number of carboxylic acid groups (broad SMARTS) is 1. The zero-order valence-corrected chi connectivity index (χ0v) is 9.96. The van der Waals surface area contributed by atoms with Gasteiger partial charge in [-0.15, -0.1) is 0 Å². The second kappa shape index (κ2) is 5.23. The molecule has 5 heteroatoms. The van der Waals surface area contributed by atoms with Crippen molar-refractivity contribution in [2.75, 3.05) is 13.1 Å². The predicted molar refractivity (Wildman–Crippen MR) is 62.4 cm³/mol. The molecule has 1 aliphatic rings. The fraction of sp³-hybridized carbons (Fsp3) is 0.583. The molecule has 0 bridgehead atoms. The number of likely N-dealkylation sites (tertiary alicyclic amines) is 1. The third kappa shape index (κ3) is 3.23.